The molecule has 0 spiro atoms. The zero-order chi connectivity index (χ0) is 43.2. The molecule has 1 N–H and O–H groups in total. The molecule has 7 aliphatic rings. The smallest absolute Gasteiger partial charge is 0.360 e. The number of amides is 5. The summed E-state index contributed by atoms with van der Waals surface area (Å²) in [6.45, 7) is 6.45. The summed E-state index contributed by atoms with van der Waals surface area (Å²) in [7, 11) is 0. The molecule has 0 unspecified atom stereocenters. The predicted octanol–water partition coefficient (Wildman–Crippen LogP) is 2.92. The molecule has 0 saturated carbocycles. The van der Waals surface area contributed by atoms with E-state index in [4.69, 9.17) is 4.42 Å². The number of piperazine rings is 1. The number of anilines is 2. The highest BCUT2D eigenvalue weighted by molar-refractivity contribution is 5.97. The number of nitrogens with zero attached hydrogens (tertiary/aromatic N) is 7. The fourth-order valence-electron chi connectivity index (χ4n) is 11.5. The molecule has 62 heavy (non-hydrogen) atoms. The van der Waals surface area contributed by atoms with Crippen LogP contribution in [0.25, 0.3) is 11.0 Å². The van der Waals surface area contributed by atoms with E-state index < -0.39 is 29.8 Å². The maximum Gasteiger partial charge on any atom is 0.360 e. The number of fused-ring (bicyclic) bond motifs is 2. The van der Waals surface area contributed by atoms with Gasteiger partial charge in [-0.05, 0) is 102 Å². The molecule has 9 rings (SSSR count). The molecule has 7 aliphatic heterocycles. The first-order chi connectivity index (χ1) is 30.0. The van der Waals surface area contributed by atoms with Gasteiger partial charge < -0.3 is 43.8 Å². The van der Waals surface area contributed by atoms with Crippen LogP contribution < -0.4 is 15.4 Å². The Hall–Kier alpha value is -5.41. The van der Waals surface area contributed by atoms with Crippen molar-refractivity contribution < 1.29 is 38.3 Å². The lowest BCUT2D eigenvalue weighted by molar-refractivity contribution is -0.152. The van der Waals surface area contributed by atoms with Crippen LogP contribution in [0.2, 0.25) is 0 Å². The van der Waals surface area contributed by atoms with E-state index in [1.165, 1.54) is 18.2 Å². The number of allylic oxidation sites excluding steroid dienone is 2. The van der Waals surface area contributed by atoms with Crippen LogP contribution >= 0.6 is 0 Å². The zero-order valence-electron chi connectivity index (χ0n) is 35.9. The van der Waals surface area contributed by atoms with Gasteiger partial charge in [-0.15, -0.1) is 0 Å². The standard InChI is InChI=1S/C46H59N7O9/c1-29(54)26-32(55)14-15-39(56)47-22-24-49(25-23-47)42(57)34-10-5-19-51(34)44(59)36-12-7-21-53(36)45(60)37-13-6-20-52(37)43(58)35-11-4-18-50(35)38-28-31-27-30-8-2-16-48-17-3-9-33(40(30)48)41(31)62-46(38)61/h26-28,34-37,55H,2-25H2,1H3/b32-26+/t34-,35-,36-,37-/m0/s1. The van der Waals surface area contributed by atoms with E-state index in [1.807, 2.05) is 11.0 Å². The Bertz CT molecular complexity index is 2250. The Morgan fingerprint density at radius 2 is 1.19 bits per heavy atom. The van der Waals surface area contributed by atoms with Crippen molar-refractivity contribution in [2.24, 2.45) is 0 Å². The molecular formula is C46H59N7O9. The van der Waals surface area contributed by atoms with Gasteiger partial charge in [0.15, 0.2) is 5.78 Å². The molecule has 16 nitrogen and oxygen atoms in total. The van der Waals surface area contributed by atoms with Crippen LogP contribution in [0.5, 0.6) is 0 Å². The van der Waals surface area contributed by atoms with Gasteiger partial charge in [0.1, 0.15) is 35.4 Å². The number of carbonyl (C=O) groups is 6. The summed E-state index contributed by atoms with van der Waals surface area (Å²) in [6.07, 6.45) is 9.95. The summed E-state index contributed by atoms with van der Waals surface area (Å²) in [5.41, 5.74) is 4.23. The maximum absolute atomic E-state index is 14.5. The number of ketones is 1. The van der Waals surface area contributed by atoms with E-state index in [-0.39, 0.29) is 53.9 Å². The molecule has 2 aromatic rings. The van der Waals surface area contributed by atoms with Crippen molar-refractivity contribution in [3.8, 4) is 0 Å². The molecule has 5 saturated heterocycles. The van der Waals surface area contributed by atoms with E-state index in [1.54, 1.807) is 24.5 Å². The van der Waals surface area contributed by atoms with E-state index in [0.29, 0.717) is 109 Å². The van der Waals surface area contributed by atoms with Crippen molar-refractivity contribution in [2.75, 3.05) is 75.2 Å². The van der Waals surface area contributed by atoms with Crippen LogP contribution in [0.1, 0.15) is 95.1 Å². The van der Waals surface area contributed by atoms with Gasteiger partial charge in [0.05, 0.1) is 5.76 Å². The van der Waals surface area contributed by atoms with Gasteiger partial charge >= 0.3 is 5.63 Å². The van der Waals surface area contributed by atoms with Gasteiger partial charge in [-0.3, -0.25) is 28.8 Å². The van der Waals surface area contributed by atoms with Gasteiger partial charge in [0.25, 0.3) is 0 Å². The lowest BCUT2D eigenvalue weighted by Crippen LogP contribution is -2.58. The monoisotopic (exact) mass is 853 g/mol. The Labute approximate surface area is 361 Å². The highest BCUT2D eigenvalue weighted by Crippen LogP contribution is 2.41. The quantitative estimate of drug-likeness (QED) is 0.223. The highest BCUT2D eigenvalue weighted by Gasteiger charge is 2.48. The molecule has 0 bridgehead atoms. The fraction of sp³-hybridized carbons (Fsp3) is 0.630. The maximum atomic E-state index is 14.5. The van der Waals surface area contributed by atoms with Gasteiger partial charge in [0.2, 0.25) is 29.5 Å². The molecule has 1 aromatic heterocycles. The lowest BCUT2D eigenvalue weighted by atomic mass is 9.90. The normalized spacial score (nSPS) is 25.2. The summed E-state index contributed by atoms with van der Waals surface area (Å²) >= 11 is 0. The van der Waals surface area contributed by atoms with Gasteiger partial charge in [0, 0.05) is 101 Å². The minimum absolute atomic E-state index is 0.0576. The van der Waals surface area contributed by atoms with E-state index >= 15 is 0 Å². The largest absolute Gasteiger partial charge is 0.512 e. The second-order valence-electron chi connectivity index (χ2n) is 18.3. The SMILES string of the molecule is CC(=O)/C=C(/O)CCC(=O)N1CCN(C(=O)[C@@H]2CCCN2C(=O)[C@@H]2CCCN2C(=O)[C@@H]2CCCN2C(=O)[C@@H]2CCCN2c2cc3cc4c5c(c3oc2=O)CCCN5CCC4)CC1. The number of carbonyl (C=O) groups excluding carboxylic acids is 6. The van der Waals surface area contributed by atoms with Crippen LogP contribution in [-0.4, -0.2) is 155 Å². The lowest BCUT2D eigenvalue weighted by Gasteiger charge is -2.38. The van der Waals surface area contributed by atoms with Crippen LogP contribution in [0, 0.1) is 0 Å². The number of aryl methyl sites for hydroxylation is 2. The average molecular weight is 854 g/mol. The van der Waals surface area contributed by atoms with Crippen LogP contribution in [-0.2, 0) is 41.6 Å². The zero-order valence-corrected chi connectivity index (χ0v) is 35.9. The number of rotatable bonds is 9. The molecule has 332 valence electrons. The molecule has 1 aromatic carbocycles. The summed E-state index contributed by atoms with van der Waals surface area (Å²) in [6, 6.07) is 1.39. The second kappa shape index (κ2) is 17.4. The Kier molecular flexibility index (Phi) is 11.8. The van der Waals surface area contributed by atoms with Crippen molar-refractivity contribution in [1.29, 1.82) is 0 Å². The minimum atomic E-state index is -0.718. The van der Waals surface area contributed by atoms with Gasteiger partial charge in [-0.2, -0.15) is 0 Å². The van der Waals surface area contributed by atoms with Crippen molar-refractivity contribution in [2.45, 2.75) is 121 Å². The Balaban J connectivity index is 0.846. The van der Waals surface area contributed by atoms with E-state index in [2.05, 4.69) is 11.0 Å². The van der Waals surface area contributed by atoms with Crippen LogP contribution in [0.3, 0.4) is 0 Å². The molecule has 0 radical (unpaired) electrons. The number of aliphatic hydroxyl groups excluding tert-OH is 1. The third-order valence-electron chi connectivity index (χ3n) is 14.4. The second-order valence-corrected chi connectivity index (χ2v) is 18.3. The van der Waals surface area contributed by atoms with E-state index in [9.17, 15) is 38.7 Å². The van der Waals surface area contributed by atoms with Gasteiger partial charge in [-0.1, -0.05) is 0 Å². The highest BCUT2D eigenvalue weighted by atomic mass is 16.4. The van der Waals surface area contributed by atoms with E-state index in [0.717, 1.165) is 62.2 Å². The van der Waals surface area contributed by atoms with Crippen molar-refractivity contribution in [3.63, 3.8) is 0 Å². The summed E-state index contributed by atoms with van der Waals surface area (Å²) in [4.78, 5) is 108. The number of aliphatic hydroxyl groups is 1. The third kappa shape index (κ3) is 7.82. The molecule has 8 heterocycles. The Morgan fingerprint density at radius 3 is 1.82 bits per heavy atom. The first kappa shape index (κ1) is 41.9. The minimum Gasteiger partial charge on any atom is -0.512 e. The molecule has 0 aliphatic carbocycles. The number of hydrogen-bond acceptors (Lipinski definition) is 11. The van der Waals surface area contributed by atoms with Crippen molar-refractivity contribution in [3.05, 3.63) is 45.5 Å². The van der Waals surface area contributed by atoms with Crippen molar-refractivity contribution >= 4 is 57.7 Å². The van der Waals surface area contributed by atoms with Crippen molar-refractivity contribution in [1.82, 2.24) is 24.5 Å². The molecule has 5 fully saturated rings. The van der Waals surface area contributed by atoms with Gasteiger partial charge in [-0.25, -0.2) is 4.79 Å². The van der Waals surface area contributed by atoms with Crippen LogP contribution in [0.4, 0.5) is 11.4 Å². The molecule has 5 amide bonds. The van der Waals surface area contributed by atoms with Crippen LogP contribution in [0.15, 0.2) is 33.2 Å². The third-order valence-corrected chi connectivity index (χ3v) is 14.4. The number of hydrogen-bond donors (Lipinski definition) is 1. The molecular weight excluding hydrogens is 795 g/mol. The number of benzene rings is 1. The number of likely N-dealkylation sites (tertiary alicyclic amines) is 3. The molecule has 16 heteroatoms. The predicted molar refractivity (Wildman–Crippen MR) is 230 cm³/mol. The fourth-order valence-corrected chi connectivity index (χ4v) is 11.5. The topological polar surface area (TPSA) is 176 Å². The Morgan fingerprint density at radius 1 is 0.645 bits per heavy atom. The summed E-state index contributed by atoms with van der Waals surface area (Å²) in [5, 5.41) is 10.8. The summed E-state index contributed by atoms with van der Waals surface area (Å²) < 4.78 is 6.13. The first-order valence-electron chi connectivity index (χ1n) is 23.0. The average Bonchev–Trinajstić information content (AvgIpc) is 4.12. The molecule has 4 atom stereocenters. The summed E-state index contributed by atoms with van der Waals surface area (Å²) in [5.74, 6) is -1.39. The first-order valence-corrected chi connectivity index (χ1v) is 23.0.